The Balaban J connectivity index is 1.98. The molecule has 0 bridgehead atoms. The highest BCUT2D eigenvalue weighted by Crippen LogP contribution is 2.23. The average Bonchev–Trinajstić information content (AvgIpc) is 2.84. The van der Waals surface area contributed by atoms with Crippen LogP contribution in [-0.4, -0.2) is 29.3 Å². The van der Waals surface area contributed by atoms with Gasteiger partial charge in [0, 0.05) is 34.6 Å². The number of carbonyl (C=O) groups is 2. The Morgan fingerprint density at radius 1 is 0.971 bits per heavy atom. The van der Waals surface area contributed by atoms with Crippen molar-refractivity contribution in [1.29, 1.82) is 0 Å². The van der Waals surface area contributed by atoms with Crippen LogP contribution in [0.5, 0.6) is 0 Å². The molecule has 0 saturated carbocycles. The summed E-state index contributed by atoms with van der Waals surface area (Å²) in [7, 11) is 0. The fourth-order valence-electron chi connectivity index (χ4n) is 3.72. The minimum Gasteiger partial charge on any atom is -0.354 e. The van der Waals surface area contributed by atoms with E-state index in [1.165, 1.54) is 17.0 Å². The van der Waals surface area contributed by atoms with E-state index in [1.807, 2.05) is 68.4 Å². The topological polar surface area (TPSA) is 49.4 Å². The van der Waals surface area contributed by atoms with Crippen molar-refractivity contribution in [1.82, 2.24) is 10.2 Å². The van der Waals surface area contributed by atoms with Gasteiger partial charge in [0.15, 0.2) is 0 Å². The number of carbonyl (C=O) groups excluding carboxylic acids is 2. The molecule has 0 radical (unpaired) electrons. The van der Waals surface area contributed by atoms with E-state index in [0.717, 1.165) is 15.6 Å². The summed E-state index contributed by atoms with van der Waals surface area (Å²) in [6.45, 7) is 4.71. The van der Waals surface area contributed by atoms with Crippen molar-refractivity contribution < 1.29 is 14.0 Å². The van der Waals surface area contributed by atoms with Crippen LogP contribution < -0.4 is 5.32 Å². The molecule has 0 aliphatic rings. The van der Waals surface area contributed by atoms with E-state index < -0.39 is 11.9 Å². The molecule has 0 aromatic heterocycles. The lowest BCUT2D eigenvalue weighted by molar-refractivity contribution is -0.140. The molecule has 3 aromatic carbocycles. The number of amides is 2. The quantitative estimate of drug-likeness (QED) is 0.322. The van der Waals surface area contributed by atoms with Gasteiger partial charge in [-0.1, -0.05) is 89.9 Å². The summed E-state index contributed by atoms with van der Waals surface area (Å²) >= 11 is 9.65. The van der Waals surface area contributed by atoms with Crippen LogP contribution in [0.1, 0.15) is 30.5 Å². The molecule has 2 amide bonds. The van der Waals surface area contributed by atoms with Crippen LogP contribution in [0, 0.1) is 11.7 Å². The molecule has 4 nitrogen and oxygen atoms in total. The number of rotatable bonds is 10. The Labute approximate surface area is 219 Å². The first-order valence-corrected chi connectivity index (χ1v) is 12.7. The average molecular weight is 560 g/mol. The van der Waals surface area contributed by atoms with Gasteiger partial charge >= 0.3 is 0 Å². The van der Waals surface area contributed by atoms with E-state index in [4.69, 9.17) is 11.6 Å². The number of nitrogens with one attached hydrogen (secondary N) is 1. The van der Waals surface area contributed by atoms with Gasteiger partial charge in [-0.25, -0.2) is 4.39 Å². The maximum absolute atomic E-state index is 14.5. The molecule has 1 atom stereocenters. The van der Waals surface area contributed by atoms with Gasteiger partial charge in [-0.3, -0.25) is 9.59 Å². The third-order valence-corrected chi connectivity index (χ3v) is 6.49. The smallest absolute Gasteiger partial charge is 0.243 e. The summed E-state index contributed by atoms with van der Waals surface area (Å²) in [5, 5.41) is 3.16. The minimum atomic E-state index is -0.780. The van der Waals surface area contributed by atoms with Crippen molar-refractivity contribution in [2.45, 2.75) is 39.3 Å². The first kappa shape index (κ1) is 26.9. The van der Waals surface area contributed by atoms with E-state index >= 15 is 0 Å². The van der Waals surface area contributed by atoms with Gasteiger partial charge in [0.05, 0.1) is 6.42 Å². The van der Waals surface area contributed by atoms with Crippen molar-refractivity contribution in [3.05, 3.63) is 105 Å². The molecule has 0 unspecified atom stereocenters. The lowest BCUT2D eigenvalue weighted by atomic mass is 10.0. The zero-order valence-corrected chi connectivity index (χ0v) is 22.2. The molecule has 1 N–H and O–H groups in total. The monoisotopic (exact) mass is 558 g/mol. The number of hydrogen-bond acceptors (Lipinski definition) is 2. The van der Waals surface area contributed by atoms with Crippen LogP contribution in [0.2, 0.25) is 5.02 Å². The molecule has 0 aliphatic heterocycles. The molecule has 0 saturated heterocycles. The Kier molecular flexibility index (Phi) is 9.87. The molecule has 0 spiro atoms. The third kappa shape index (κ3) is 7.91. The van der Waals surface area contributed by atoms with Gasteiger partial charge in [-0.2, -0.15) is 0 Å². The fourth-order valence-corrected chi connectivity index (χ4v) is 4.21. The lowest BCUT2D eigenvalue weighted by Crippen LogP contribution is -2.51. The summed E-state index contributed by atoms with van der Waals surface area (Å²) in [4.78, 5) is 28.6. The van der Waals surface area contributed by atoms with Crippen LogP contribution in [-0.2, 0) is 29.0 Å². The molecule has 7 heteroatoms. The molecule has 35 heavy (non-hydrogen) atoms. The van der Waals surface area contributed by atoms with E-state index in [2.05, 4.69) is 21.2 Å². The van der Waals surface area contributed by atoms with Gasteiger partial charge in [-0.05, 0) is 41.3 Å². The second-order valence-electron chi connectivity index (χ2n) is 8.87. The van der Waals surface area contributed by atoms with Crippen molar-refractivity contribution in [3.63, 3.8) is 0 Å². The van der Waals surface area contributed by atoms with Gasteiger partial charge in [0.2, 0.25) is 11.8 Å². The van der Waals surface area contributed by atoms with Crippen LogP contribution in [0.4, 0.5) is 4.39 Å². The number of hydrogen-bond donors (Lipinski definition) is 1. The van der Waals surface area contributed by atoms with Crippen molar-refractivity contribution in [2.24, 2.45) is 5.92 Å². The summed E-state index contributed by atoms with van der Waals surface area (Å²) in [6, 6.07) is 20.7. The molecule has 0 heterocycles. The highest BCUT2D eigenvalue weighted by Gasteiger charge is 2.31. The summed E-state index contributed by atoms with van der Waals surface area (Å²) in [6.07, 6.45) is 0.0861. The summed E-state index contributed by atoms with van der Waals surface area (Å²) in [5.41, 5.74) is 1.91. The third-order valence-electron chi connectivity index (χ3n) is 5.61. The van der Waals surface area contributed by atoms with Crippen LogP contribution in [0.15, 0.2) is 77.3 Å². The lowest BCUT2D eigenvalue weighted by Gasteiger charge is -2.32. The van der Waals surface area contributed by atoms with Gasteiger partial charge in [0.1, 0.15) is 11.9 Å². The van der Waals surface area contributed by atoms with Crippen molar-refractivity contribution >= 4 is 39.3 Å². The molecule has 3 rings (SSSR count). The standard InChI is InChI=1S/C28H29BrClFN2O2/c1-19(2)17-32-28(35)26(15-20-7-4-3-5-8-20)33(18-21-11-13-22(29)14-12-21)27(34)16-23-24(30)9-6-10-25(23)31/h3-14,19,26H,15-18H2,1-2H3,(H,32,35)/t26-/m0/s1. The molecule has 0 aliphatic carbocycles. The molecule has 3 aromatic rings. The normalized spacial score (nSPS) is 11.8. The van der Waals surface area contributed by atoms with E-state index in [1.54, 1.807) is 6.07 Å². The Hall–Kier alpha value is -2.70. The Morgan fingerprint density at radius 2 is 1.66 bits per heavy atom. The predicted octanol–water partition coefficient (Wildman–Crippen LogP) is 6.20. The van der Waals surface area contributed by atoms with Crippen LogP contribution in [0.25, 0.3) is 0 Å². The Morgan fingerprint density at radius 3 is 2.29 bits per heavy atom. The largest absolute Gasteiger partial charge is 0.354 e. The number of nitrogens with zero attached hydrogens (tertiary/aromatic N) is 1. The van der Waals surface area contributed by atoms with Crippen molar-refractivity contribution in [2.75, 3.05) is 6.54 Å². The highest BCUT2D eigenvalue weighted by molar-refractivity contribution is 9.10. The zero-order chi connectivity index (χ0) is 25.4. The molecular formula is C28H29BrClFN2O2. The first-order chi connectivity index (χ1) is 16.7. The van der Waals surface area contributed by atoms with Crippen LogP contribution >= 0.6 is 27.5 Å². The number of halogens is 3. The minimum absolute atomic E-state index is 0.126. The highest BCUT2D eigenvalue weighted by atomic mass is 79.9. The van der Waals surface area contributed by atoms with Crippen LogP contribution in [0.3, 0.4) is 0 Å². The summed E-state index contributed by atoms with van der Waals surface area (Å²) in [5.74, 6) is -0.907. The first-order valence-electron chi connectivity index (χ1n) is 11.5. The van der Waals surface area contributed by atoms with E-state index in [9.17, 15) is 14.0 Å². The predicted molar refractivity (Wildman–Crippen MR) is 142 cm³/mol. The molecule has 0 fully saturated rings. The van der Waals surface area contributed by atoms with Gasteiger partial charge in [0.25, 0.3) is 0 Å². The number of benzene rings is 3. The maximum Gasteiger partial charge on any atom is 0.243 e. The van der Waals surface area contributed by atoms with E-state index in [-0.39, 0.29) is 41.3 Å². The second kappa shape index (κ2) is 12.8. The van der Waals surface area contributed by atoms with Crippen molar-refractivity contribution in [3.8, 4) is 0 Å². The second-order valence-corrected chi connectivity index (χ2v) is 10.2. The van der Waals surface area contributed by atoms with E-state index in [0.29, 0.717) is 13.0 Å². The SMILES string of the molecule is CC(C)CNC(=O)[C@H](Cc1ccccc1)N(Cc1ccc(Br)cc1)C(=O)Cc1c(F)cccc1Cl. The molecule has 184 valence electrons. The van der Waals surface area contributed by atoms with Gasteiger partial charge in [-0.15, -0.1) is 0 Å². The fraction of sp³-hybridized carbons (Fsp3) is 0.286. The molecular weight excluding hydrogens is 531 g/mol. The summed E-state index contributed by atoms with van der Waals surface area (Å²) < 4.78 is 15.4. The Bertz CT molecular complexity index is 1120. The van der Waals surface area contributed by atoms with Gasteiger partial charge < -0.3 is 10.2 Å². The zero-order valence-electron chi connectivity index (χ0n) is 19.8. The maximum atomic E-state index is 14.5.